The fourth-order valence-corrected chi connectivity index (χ4v) is 5.28. The molecule has 0 aliphatic carbocycles. The second kappa shape index (κ2) is 11.4. The van der Waals surface area contributed by atoms with Crippen LogP contribution in [0.5, 0.6) is 0 Å². The first kappa shape index (κ1) is 25.6. The van der Waals surface area contributed by atoms with E-state index in [0.29, 0.717) is 12.5 Å². The normalized spacial score (nSPS) is 16.0. The lowest BCUT2D eigenvalue weighted by molar-refractivity contribution is -0.117. The van der Waals surface area contributed by atoms with E-state index < -0.39 is 0 Å². The molecule has 1 fully saturated rings. The maximum Gasteiger partial charge on any atom is 0.258 e. The highest BCUT2D eigenvalue weighted by Gasteiger charge is 2.23. The van der Waals surface area contributed by atoms with E-state index in [-0.39, 0.29) is 36.5 Å². The maximum atomic E-state index is 13.0. The molecule has 2 aliphatic rings. The molecule has 33 heavy (non-hydrogen) atoms. The van der Waals surface area contributed by atoms with E-state index in [2.05, 4.69) is 19.6 Å². The number of aromatic nitrogens is 2. The molecule has 0 bridgehead atoms. The molecule has 0 saturated carbocycles. The molecule has 0 spiro atoms. The molecule has 1 saturated heterocycles. The molecule has 0 atom stereocenters. The Morgan fingerprint density at radius 3 is 2.64 bits per heavy atom. The number of nitrogens with zero attached hydrogens (tertiary/aromatic N) is 3. The number of thioether (sulfide) groups is 1. The SMILES string of the molecule is Cl.Cl.O=C(NCC1CCN(CCc2ccc(F)cc2)CC1)C1=Cc2cnc3cccc(n23)S1. The van der Waals surface area contributed by atoms with E-state index in [1.54, 1.807) is 0 Å². The van der Waals surface area contributed by atoms with Crippen LogP contribution in [0.25, 0.3) is 11.7 Å². The van der Waals surface area contributed by atoms with Gasteiger partial charge in [-0.2, -0.15) is 0 Å². The lowest BCUT2D eigenvalue weighted by Crippen LogP contribution is -2.39. The van der Waals surface area contributed by atoms with Crippen LogP contribution in [-0.2, 0) is 11.2 Å². The number of amides is 1. The molecule has 0 unspecified atom stereocenters. The van der Waals surface area contributed by atoms with Crippen LogP contribution >= 0.6 is 36.6 Å². The number of piperidine rings is 1. The number of hydrogen-bond acceptors (Lipinski definition) is 4. The first-order valence-corrected chi connectivity index (χ1v) is 11.6. The van der Waals surface area contributed by atoms with E-state index in [9.17, 15) is 9.18 Å². The Morgan fingerprint density at radius 2 is 1.88 bits per heavy atom. The number of carbonyl (C=O) groups is 1. The zero-order valence-electron chi connectivity index (χ0n) is 18.1. The summed E-state index contributed by atoms with van der Waals surface area (Å²) in [6.45, 7) is 3.79. The van der Waals surface area contributed by atoms with Crippen molar-refractivity contribution in [3.05, 3.63) is 70.6 Å². The van der Waals surface area contributed by atoms with Crippen LogP contribution in [0, 0.1) is 11.7 Å². The van der Waals surface area contributed by atoms with E-state index in [1.165, 1.54) is 29.5 Å². The van der Waals surface area contributed by atoms with Gasteiger partial charge in [0.1, 0.15) is 11.5 Å². The van der Waals surface area contributed by atoms with Gasteiger partial charge in [-0.1, -0.05) is 30.0 Å². The van der Waals surface area contributed by atoms with Crippen molar-refractivity contribution in [3.63, 3.8) is 0 Å². The van der Waals surface area contributed by atoms with Gasteiger partial charge in [0.2, 0.25) is 0 Å². The van der Waals surface area contributed by atoms with Gasteiger partial charge in [0.05, 0.1) is 21.8 Å². The molecule has 2 aliphatic heterocycles. The van der Waals surface area contributed by atoms with Crippen molar-refractivity contribution in [1.29, 1.82) is 0 Å². The zero-order valence-corrected chi connectivity index (χ0v) is 20.5. The minimum atomic E-state index is -0.184. The average Bonchev–Trinajstić information content (AvgIpc) is 3.22. The van der Waals surface area contributed by atoms with Crippen molar-refractivity contribution in [2.75, 3.05) is 26.2 Å². The molecule has 1 aromatic carbocycles. The lowest BCUT2D eigenvalue weighted by Gasteiger charge is -2.32. The van der Waals surface area contributed by atoms with Gasteiger partial charge in [0.15, 0.2) is 0 Å². The number of likely N-dealkylation sites (tertiary alicyclic amines) is 1. The Hall–Kier alpha value is -2.06. The largest absolute Gasteiger partial charge is 0.351 e. The Kier molecular flexibility index (Phi) is 8.82. The van der Waals surface area contributed by atoms with Crippen LogP contribution in [0.4, 0.5) is 4.39 Å². The van der Waals surface area contributed by atoms with Gasteiger partial charge in [-0.15, -0.1) is 24.8 Å². The van der Waals surface area contributed by atoms with E-state index in [0.717, 1.165) is 60.2 Å². The topological polar surface area (TPSA) is 49.6 Å². The van der Waals surface area contributed by atoms with Crippen molar-refractivity contribution in [1.82, 2.24) is 19.6 Å². The molecule has 1 N–H and O–H groups in total. The molecule has 0 radical (unpaired) electrons. The summed E-state index contributed by atoms with van der Waals surface area (Å²) in [6.07, 6.45) is 6.85. The maximum absolute atomic E-state index is 13.0. The molecule has 3 aromatic rings. The Balaban J connectivity index is 0.00000153. The monoisotopic (exact) mass is 508 g/mol. The van der Waals surface area contributed by atoms with E-state index in [4.69, 9.17) is 0 Å². The van der Waals surface area contributed by atoms with Gasteiger partial charge in [-0.05, 0) is 74.2 Å². The fraction of sp³-hybridized carbons (Fsp3) is 0.333. The summed E-state index contributed by atoms with van der Waals surface area (Å²) in [5.74, 6) is 0.319. The van der Waals surface area contributed by atoms with Gasteiger partial charge in [-0.3, -0.25) is 9.20 Å². The summed E-state index contributed by atoms with van der Waals surface area (Å²) >= 11 is 1.49. The third-order valence-corrected chi connectivity index (χ3v) is 7.18. The van der Waals surface area contributed by atoms with Crippen molar-refractivity contribution in [3.8, 4) is 0 Å². The minimum absolute atomic E-state index is 0. The molecule has 1 amide bonds. The quantitative estimate of drug-likeness (QED) is 0.517. The number of pyridine rings is 1. The summed E-state index contributed by atoms with van der Waals surface area (Å²) < 4.78 is 15.1. The van der Waals surface area contributed by atoms with Crippen molar-refractivity contribution in [2.24, 2.45) is 5.92 Å². The van der Waals surface area contributed by atoms with Crippen LogP contribution in [0.1, 0.15) is 24.1 Å². The van der Waals surface area contributed by atoms with Gasteiger partial charge >= 0.3 is 0 Å². The van der Waals surface area contributed by atoms with Crippen molar-refractivity contribution < 1.29 is 9.18 Å². The standard InChI is InChI=1S/C24H25FN4OS.2ClH/c25-19-6-4-17(5-7-19)8-11-28-12-9-18(10-13-28)15-27-24(30)21-14-20-16-26-22-2-1-3-23(31-21)29(20)22;;/h1-7,14,16,18H,8-13,15H2,(H,27,30);2*1H. The third kappa shape index (κ3) is 5.90. The predicted molar refractivity (Wildman–Crippen MR) is 136 cm³/mol. The molecule has 5 nitrogen and oxygen atoms in total. The molecule has 4 heterocycles. The van der Waals surface area contributed by atoms with Gasteiger partial charge in [0, 0.05) is 13.1 Å². The summed E-state index contributed by atoms with van der Waals surface area (Å²) in [7, 11) is 0. The minimum Gasteiger partial charge on any atom is -0.351 e. The number of hydrogen-bond donors (Lipinski definition) is 1. The van der Waals surface area contributed by atoms with E-state index in [1.807, 2.05) is 42.6 Å². The average molecular weight is 509 g/mol. The van der Waals surface area contributed by atoms with Crippen LogP contribution in [0.2, 0.25) is 0 Å². The predicted octanol–water partition coefficient (Wildman–Crippen LogP) is 4.83. The van der Waals surface area contributed by atoms with Crippen molar-refractivity contribution in [2.45, 2.75) is 24.3 Å². The van der Waals surface area contributed by atoms with Gasteiger partial charge in [-0.25, -0.2) is 9.37 Å². The third-order valence-electron chi connectivity index (χ3n) is 6.13. The zero-order chi connectivity index (χ0) is 21.2. The second-order valence-electron chi connectivity index (χ2n) is 8.22. The Bertz CT molecular complexity index is 1130. The first-order valence-electron chi connectivity index (χ1n) is 10.8. The molecule has 5 rings (SSSR count). The van der Waals surface area contributed by atoms with Gasteiger partial charge in [0.25, 0.3) is 5.91 Å². The number of carbonyl (C=O) groups excluding carboxylic acids is 1. The van der Waals surface area contributed by atoms with E-state index >= 15 is 0 Å². The Morgan fingerprint density at radius 1 is 1.12 bits per heavy atom. The first-order chi connectivity index (χ1) is 15.2. The summed E-state index contributed by atoms with van der Waals surface area (Å²) in [5.41, 5.74) is 3.02. The second-order valence-corrected chi connectivity index (χ2v) is 9.29. The molecule has 9 heteroatoms. The highest BCUT2D eigenvalue weighted by molar-refractivity contribution is 8.04. The number of nitrogens with one attached hydrogen (secondary N) is 1. The van der Waals surface area contributed by atoms with Crippen LogP contribution in [-0.4, -0.2) is 46.4 Å². The number of imidazole rings is 1. The molecular formula is C24H27Cl2FN4OS. The fourth-order valence-electron chi connectivity index (χ4n) is 4.28. The summed E-state index contributed by atoms with van der Waals surface area (Å²) in [6, 6.07) is 12.7. The van der Waals surface area contributed by atoms with Crippen LogP contribution in [0.3, 0.4) is 0 Å². The lowest BCUT2D eigenvalue weighted by atomic mass is 9.96. The molecular weight excluding hydrogens is 482 g/mol. The highest BCUT2D eigenvalue weighted by atomic mass is 35.5. The molecule has 2 aromatic heterocycles. The highest BCUT2D eigenvalue weighted by Crippen LogP contribution is 2.34. The molecule has 176 valence electrons. The number of rotatable bonds is 6. The van der Waals surface area contributed by atoms with Crippen LogP contribution < -0.4 is 5.32 Å². The number of halogens is 3. The van der Waals surface area contributed by atoms with Crippen molar-refractivity contribution >= 4 is 54.2 Å². The number of benzene rings is 1. The smallest absolute Gasteiger partial charge is 0.258 e. The Labute approximate surface area is 209 Å². The van der Waals surface area contributed by atoms with Gasteiger partial charge < -0.3 is 10.2 Å². The van der Waals surface area contributed by atoms with Crippen LogP contribution in [0.15, 0.2) is 58.6 Å². The summed E-state index contributed by atoms with van der Waals surface area (Å²) in [4.78, 5) is 20.4. The summed E-state index contributed by atoms with van der Waals surface area (Å²) in [5, 5.41) is 4.16.